The highest BCUT2D eigenvalue weighted by Gasteiger charge is 2.38. The first-order valence-corrected chi connectivity index (χ1v) is 6.40. The third-order valence-corrected chi connectivity index (χ3v) is 3.59. The number of carbonyl (C=O) groups excluding carboxylic acids is 3. The van der Waals surface area contributed by atoms with Gasteiger partial charge >= 0.3 is 5.97 Å². The standard InChI is InChI=1S/C13H17N3O4/c1-20-13(19)9-5-2-4-8(9)12(18)15-16-7-3-6-10(16)11(14)17/h3,6-9H,2,4-5H2,1H3,(H2,14,17)(H,15,18)/t8-,9-/m1/s1. The minimum absolute atomic E-state index is 0.186. The fourth-order valence-corrected chi connectivity index (χ4v) is 2.59. The van der Waals surface area contributed by atoms with E-state index in [4.69, 9.17) is 10.5 Å². The molecule has 0 bridgehead atoms. The quantitative estimate of drug-likeness (QED) is 0.771. The van der Waals surface area contributed by atoms with Crippen molar-refractivity contribution in [3.8, 4) is 0 Å². The van der Waals surface area contributed by atoms with Crippen LogP contribution in [0.5, 0.6) is 0 Å². The summed E-state index contributed by atoms with van der Waals surface area (Å²) in [5.74, 6) is -2.17. The molecule has 1 aromatic rings. The summed E-state index contributed by atoms with van der Waals surface area (Å²) in [5, 5.41) is 0. The Balaban J connectivity index is 2.10. The number of ether oxygens (including phenoxy) is 1. The summed E-state index contributed by atoms with van der Waals surface area (Å²) in [6.45, 7) is 0. The van der Waals surface area contributed by atoms with Crippen LogP contribution >= 0.6 is 0 Å². The fraction of sp³-hybridized carbons (Fsp3) is 0.462. The van der Waals surface area contributed by atoms with Crippen molar-refractivity contribution in [2.45, 2.75) is 19.3 Å². The van der Waals surface area contributed by atoms with Crippen LogP contribution in [0.4, 0.5) is 0 Å². The summed E-state index contributed by atoms with van der Waals surface area (Å²) in [4.78, 5) is 35.0. The number of methoxy groups -OCH3 is 1. The molecule has 20 heavy (non-hydrogen) atoms. The second-order valence-corrected chi connectivity index (χ2v) is 4.77. The van der Waals surface area contributed by atoms with Crippen LogP contribution in [0.15, 0.2) is 18.3 Å². The van der Waals surface area contributed by atoms with Crippen LogP contribution in [0.3, 0.4) is 0 Å². The summed E-state index contributed by atoms with van der Waals surface area (Å²) in [5.41, 5.74) is 7.98. The molecule has 0 aliphatic heterocycles. The van der Waals surface area contributed by atoms with E-state index in [-0.39, 0.29) is 17.6 Å². The maximum absolute atomic E-state index is 12.2. The Morgan fingerprint density at radius 3 is 2.70 bits per heavy atom. The Kier molecular flexibility index (Phi) is 4.07. The molecule has 1 aromatic heterocycles. The van der Waals surface area contributed by atoms with Gasteiger partial charge < -0.3 is 10.5 Å². The van der Waals surface area contributed by atoms with Crippen LogP contribution < -0.4 is 11.2 Å². The zero-order chi connectivity index (χ0) is 14.7. The predicted octanol–water partition coefficient (Wildman–Crippen LogP) is 0.246. The van der Waals surface area contributed by atoms with Crippen LogP contribution in [0.1, 0.15) is 29.8 Å². The van der Waals surface area contributed by atoms with Crippen molar-refractivity contribution in [2.24, 2.45) is 17.6 Å². The first-order valence-electron chi connectivity index (χ1n) is 6.40. The zero-order valence-electron chi connectivity index (χ0n) is 11.2. The molecule has 3 N–H and O–H groups in total. The molecule has 0 unspecified atom stereocenters. The third kappa shape index (κ3) is 2.66. The molecule has 2 atom stereocenters. The molecule has 1 aliphatic rings. The van der Waals surface area contributed by atoms with Crippen molar-refractivity contribution in [2.75, 3.05) is 12.5 Å². The number of carbonyl (C=O) groups is 3. The molecule has 1 heterocycles. The van der Waals surface area contributed by atoms with Gasteiger partial charge in [-0.05, 0) is 25.0 Å². The fourth-order valence-electron chi connectivity index (χ4n) is 2.59. The van der Waals surface area contributed by atoms with E-state index in [9.17, 15) is 14.4 Å². The molecule has 0 spiro atoms. The Morgan fingerprint density at radius 2 is 2.05 bits per heavy atom. The SMILES string of the molecule is COC(=O)[C@@H]1CCC[C@H]1C(=O)Nn1cccc1C(N)=O. The lowest BCUT2D eigenvalue weighted by Crippen LogP contribution is -2.36. The van der Waals surface area contributed by atoms with E-state index >= 15 is 0 Å². The van der Waals surface area contributed by atoms with Gasteiger partial charge in [-0.15, -0.1) is 0 Å². The van der Waals surface area contributed by atoms with Crippen LogP contribution in [-0.4, -0.2) is 29.6 Å². The molecule has 1 aliphatic carbocycles. The normalized spacial score (nSPS) is 21.4. The molecule has 1 fully saturated rings. The van der Waals surface area contributed by atoms with E-state index in [0.717, 1.165) is 6.42 Å². The average molecular weight is 279 g/mol. The Labute approximate surface area is 116 Å². The smallest absolute Gasteiger partial charge is 0.309 e. The minimum atomic E-state index is -0.633. The highest BCUT2D eigenvalue weighted by Crippen LogP contribution is 2.32. The van der Waals surface area contributed by atoms with Crippen molar-refractivity contribution in [1.29, 1.82) is 0 Å². The number of nitrogens with two attached hydrogens (primary N) is 1. The Morgan fingerprint density at radius 1 is 1.35 bits per heavy atom. The second-order valence-electron chi connectivity index (χ2n) is 4.77. The summed E-state index contributed by atoms with van der Waals surface area (Å²) in [6.07, 6.45) is 3.59. The lowest BCUT2D eigenvalue weighted by atomic mass is 9.95. The van der Waals surface area contributed by atoms with Crippen molar-refractivity contribution >= 4 is 17.8 Å². The molecule has 0 radical (unpaired) electrons. The Bertz CT molecular complexity index is 537. The van der Waals surface area contributed by atoms with Gasteiger partial charge in [0.25, 0.3) is 5.91 Å². The molecule has 7 nitrogen and oxygen atoms in total. The lowest BCUT2D eigenvalue weighted by molar-refractivity contribution is -0.148. The molecule has 2 amide bonds. The van der Waals surface area contributed by atoms with Crippen LogP contribution in [0, 0.1) is 11.8 Å². The molecule has 1 saturated carbocycles. The monoisotopic (exact) mass is 279 g/mol. The lowest BCUT2D eigenvalue weighted by Gasteiger charge is -2.18. The number of amides is 2. The predicted molar refractivity (Wildman–Crippen MR) is 70.2 cm³/mol. The first kappa shape index (κ1) is 14.1. The molecule has 2 rings (SSSR count). The number of hydrogen-bond donors (Lipinski definition) is 2. The number of primary amides is 1. The second kappa shape index (κ2) is 5.77. The van der Waals surface area contributed by atoms with Gasteiger partial charge in [-0.1, -0.05) is 6.42 Å². The van der Waals surface area contributed by atoms with Crippen molar-refractivity contribution in [3.63, 3.8) is 0 Å². The minimum Gasteiger partial charge on any atom is -0.469 e. The molecule has 0 aromatic carbocycles. The van der Waals surface area contributed by atoms with E-state index in [0.29, 0.717) is 12.8 Å². The molecule has 0 saturated heterocycles. The van der Waals surface area contributed by atoms with Gasteiger partial charge in [0.2, 0.25) is 5.91 Å². The number of rotatable bonds is 4. The number of nitrogens with zero attached hydrogens (tertiary/aromatic N) is 1. The van der Waals surface area contributed by atoms with Gasteiger partial charge in [0.05, 0.1) is 18.9 Å². The van der Waals surface area contributed by atoms with E-state index in [1.807, 2.05) is 0 Å². The summed E-state index contributed by atoms with van der Waals surface area (Å²) in [6, 6.07) is 3.11. The van der Waals surface area contributed by atoms with Crippen molar-refractivity contribution in [3.05, 3.63) is 24.0 Å². The molecule has 7 heteroatoms. The van der Waals surface area contributed by atoms with Crippen molar-refractivity contribution < 1.29 is 19.1 Å². The van der Waals surface area contributed by atoms with Gasteiger partial charge in [0.15, 0.2) is 0 Å². The summed E-state index contributed by atoms with van der Waals surface area (Å²) >= 11 is 0. The van der Waals surface area contributed by atoms with E-state index in [1.54, 1.807) is 6.07 Å². The number of hydrogen-bond acceptors (Lipinski definition) is 4. The largest absolute Gasteiger partial charge is 0.469 e. The van der Waals surface area contributed by atoms with E-state index in [2.05, 4.69) is 5.43 Å². The van der Waals surface area contributed by atoms with Gasteiger partial charge in [-0.2, -0.15) is 0 Å². The third-order valence-electron chi connectivity index (χ3n) is 3.59. The van der Waals surface area contributed by atoms with Gasteiger partial charge in [-0.3, -0.25) is 24.5 Å². The molecular formula is C13H17N3O4. The van der Waals surface area contributed by atoms with Gasteiger partial charge in [-0.25, -0.2) is 0 Å². The van der Waals surface area contributed by atoms with Gasteiger partial charge in [0, 0.05) is 6.20 Å². The highest BCUT2D eigenvalue weighted by molar-refractivity contribution is 5.94. The van der Waals surface area contributed by atoms with E-state index < -0.39 is 17.7 Å². The van der Waals surface area contributed by atoms with Crippen LogP contribution in [-0.2, 0) is 14.3 Å². The summed E-state index contributed by atoms with van der Waals surface area (Å²) in [7, 11) is 1.31. The zero-order valence-corrected chi connectivity index (χ0v) is 11.2. The van der Waals surface area contributed by atoms with Gasteiger partial charge in [0.1, 0.15) is 5.69 Å². The average Bonchev–Trinajstić information content (AvgIpc) is 3.05. The maximum atomic E-state index is 12.2. The Hall–Kier alpha value is -2.31. The number of esters is 1. The number of aromatic nitrogens is 1. The van der Waals surface area contributed by atoms with Crippen LogP contribution in [0.2, 0.25) is 0 Å². The van der Waals surface area contributed by atoms with E-state index in [1.165, 1.54) is 24.0 Å². The molecular weight excluding hydrogens is 262 g/mol. The summed E-state index contributed by atoms with van der Waals surface area (Å²) < 4.78 is 5.99. The number of nitrogens with one attached hydrogen (secondary N) is 1. The molecule has 108 valence electrons. The highest BCUT2D eigenvalue weighted by atomic mass is 16.5. The topological polar surface area (TPSA) is 103 Å². The first-order chi connectivity index (χ1) is 9.54. The van der Waals surface area contributed by atoms with Crippen LogP contribution in [0.25, 0.3) is 0 Å². The van der Waals surface area contributed by atoms with Crippen molar-refractivity contribution in [1.82, 2.24) is 4.68 Å². The maximum Gasteiger partial charge on any atom is 0.309 e.